The van der Waals surface area contributed by atoms with Gasteiger partial charge in [0.15, 0.2) is 5.82 Å². The normalized spacial score (nSPS) is 21.2. The molecule has 1 atom stereocenters. The topological polar surface area (TPSA) is 89.4 Å². The lowest BCUT2D eigenvalue weighted by molar-refractivity contribution is 0.122. The fourth-order valence-corrected chi connectivity index (χ4v) is 5.47. The summed E-state index contributed by atoms with van der Waals surface area (Å²) >= 11 is 0. The number of benzene rings is 1. The molecule has 38 heavy (non-hydrogen) atoms. The minimum Gasteiger partial charge on any atom is -0.383 e. The summed E-state index contributed by atoms with van der Waals surface area (Å²) in [5.41, 5.74) is 1.10. The molecule has 0 bridgehead atoms. The van der Waals surface area contributed by atoms with Crippen molar-refractivity contribution in [2.45, 2.75) is 51.1 Å². The lowest BCUT2D eigenvalue weighted by atomic mass is 9.85. The van der Waals surface area contributed by atoms with Crippen molar-refractivity contribution in [1.29, 1.82) is 0 Å². The Kier molecular flexibility index (Phi) is 8.65. The second kappa shape index (κ2) is 12.3. The van der Waals surface area contributed by atoms with E-state index in [1.54, 1.807) is 31.4 Å². The summed E-state index contributed by atoms with van der Waals surface area (Å²) in [6.45, 7) is 6.15. The van der Waals surface area contributed by atoms with E-state index in [-0.39, 0.29) is 5.82 Å². The van der Waals surface area contributed by atoms with Gasteiger partial charge in [0.05, 0.1) is 30.9 Å². The van der Waals surface area contributed by atoms with Crippen molar-refractivity contribution in [1.82, 2.24) is 24.8 Å². The summed E-state index contributed by atoms with van der Waals surface area (Å²) in [5, 5.41) is 7.08. The predicted octanol–water partition coefficient (Wildman–Crippen LogP) is 4.18. The van der Waals surface area contributed by atoms with Crippen LogP contribution >= 0.6 is 0 Å². The third kappa shape index (κ3) is 6.22. The zero-order valence-electron chi connectivity index (χ0n) is 22.1. The summed E-state index contributed by atoms with van der Waals surface area (Å²) < 4.78 is 40.3. The largest absolute Gasteiger partial charge is 0.383 e. The molecule has 3 aromatic rings. The predicted molar refractivity (Wildman–Crippen MR) is 143 cm³/mol. The maximum Gasteiger partial charge on any atom is 0.296 e. The van der Waals surface area contributed by atoms with Crippen LogP contribution in [-0.2, 0) is 9.47 Å². The Labute approximate surface area is 221 Å². The molecule has 2 fully saturated rings. The summed E-state index contributed by atoms with van der Waals surface area (Å²) in [5.74, 6) is 1.69. The van der Waals surface area contributed by atoms with Crippen molar-refractivity contribution in [3.63, 3.8) is 0 Å². The van der Waals surface area contributed by atoms with Gasteiger partial charge in [0.2, 0.25) is 5.95 Å². The molecule has 1 saturated carbocycles. The molecule has 11 heteroatoms. The van der Waals surface area contributed by atoms with E-state index in [2.05, 4.69) is 27.4 Å². The molecule has 1 aliphatic carbocycles. The molecule has 0 radical (unpaired) electrons. The van der Waals surface area contributed by atoms with Gasteiger partial charge in [-0.05, 0) is 50.7 Å². The van der Waals surface area contributed by atoms with Crippen LogP contribution in [0.1, 0.15) is 44.9 Å². The van der Waals surface area contributed by atoms with Gasteiger partial charge in [-0.2, -0.15) is 9.97 Å². The fourth-order valence-electron chi connectivity index (χ4n) is 5.47. The second-order valence-corrected chi connectivity index (χ2v) is 10.2. The fraction of sp³-hybridized carbons (Fsp3) is 0.593. The number of morpholine rings is 1. The van der Waals surface area contributed by atoms with Gasteiger partial charge in [0.25, 0.3) is 6.43 Å². The Bertz CT molecular complexity index is 1190. The Balaban J connectivity index is 1.36. The molecule has 2 aromatic heterocycles. The highest BCUT2D eigenvalue weighted by molar-refractivity contribution is 5.78. The zero-order chi connectivity index (χ0) is 26.5. The first-order valence-corrected chi connectivity index (χ1v) is 13.5. The number of imidazole rings is 1. The molecule has 1 aliphatic heterocycles. The lowest BCUT2D eigenvalue weighted by Crippen LogP contribution is -2.41. The molecule has 3 heterocycles. The van der Waals surface area contributed by atoms with Crippen LogP contribution in [0, 0.1) is 5.92 Å². The minimum absolute atomic E-state index is 0.322. The van der Waals surface area contributed by atoms with Crippen LogP contribution in [-0.4, -0.2) is 78.2 Å². The maximum atomic E-state index is 14.1. The molecule has 0 spiro atoms. The lowest BCUT2D eigenvalue weighted by Gasteiger charge is -2.31. The van der Waals surface area contributed by atoms with Crippen molar-refractivity contribution in [3.05, 3.63) is 36.2 Å². The zero-order valence-corrected chi connectivity index (χ0v) is 22.1. The Morgan fingerprint density at radius 3 is 2.53 bits per heavy atom. The maximum absolute atomic E-state index is 14.1. The molecule has 206 valence electrons. The van der Waals surface area contributed by atoms with Crippen LogP contribution in [0.5, 0.6) is 0 Å². The van der Waals surface area contributed by atoms with Crippen LogP contribution in [0.15, 0.2) is 30.3 Å². The number of aromatic nitrogens is 4. The van der Waals surface area contributed by atoms with E-state index in [1.165, 1.54) is 4.57 Å². The molecule has 1 unspecified atom stereocenters. The van der Waals surface area contributed by atoms with Crippen molar-refractivity contribution >= 4 is 22.8 Å². The van der Waals surface area contributed by atoms with E-state index < -0.39 is 6.43 Å². The Morgan fingerprint density at radius 1 is 1.05 bits per heavy atom. The average Bonchev–Trinajstić information content (AvgIpc) is 3.33. The summed E-state index contributed by atoms with van der Waals surface area (Å²) in [7, 11) is 1.73. The number of alkyl halides is 2. The van der Waals surface area contributed by atoms with Gasteiger partial charge in [-0.25, -0.2) is 13.8 Å². The Morgan fingerprint density at radius 2 is 1.79 bits per heavy atom. The Hall–Kier alpha value is -2.89. The number of para-hydroxylation sites is 2. The van der Waals surface area contributed by atoms with Crippen LogP contribution in [0.4, 0.5) is 20.5 Å². The summed E-state index contributed by atoms with van der Waals surface area (Å²) in [6.07, 6.45) is 1.68. The van der Waals surface area contributed by atoms with E-state index in [4.69, 9.17) is 19.4 Å². The van der Waals surface area contributed by atoms with E-state index >= 15 is 0 Å². The van der Waals surface area contributed by atoms with Crippen molar-refractivity contribution in [2.75, 3.05) is 56.8 Å². The number of halogens is 2. The number of fused-ring (bicyclic) bond motifs is 1. The standard InChI is InChI=1S/C27H37F2N7O2/c1-18(17-37-2)31-20-9-7-19(8-10-20)16-30-27-33-23(35-11-13-38-14-12-35)15-24(34-27)36-22-6-4-3-5-21(22)32-26(36)25(28)29/h3-6,15,18-20,25,31H,7-14,16-17H2,1-2H3,(H,30,33,34)/t18?,19-,20-. The monoisotopic (exact) mass is 529 g/mol. The van der Waals surface area contributed by atoms with Crippen LogP contribution in [0.3, 0.4) is 0 Å². The van der Waals surface area contributed by atoms with E-state index in [0.717, 1.165) is 32.2 Å². The number of hydrogen-bond acceptors (Lipinski definition) is 8. The average molecular weight is 530 g/mol. The first-order valence-electron chi connectivity index (χ1n) is 13.5. The van der Waals surface area contributed by atoms with Crippen LogP contribution in [0.2, 0.25) is 0 Å². The number of hydrogen-bond donors (Lipinski definition) is 2. The molecule has 2 aliphatic rings. The molecular weight excluding hydrogens is 492 g/mol. The van der Waals surface area contributed by atoms with Gasteiger partial charge in [0, 0.05) is 44.9 Å². The first-order chi connectivity index (χ1) is 18.5. The van der Waals surface area contributed by atoms with Crippen molar-refractivity contribution < 1.29 is 18.3 Å². The van der Waals surface area contributed by atoms with E-state index in [0.29, 0.717) is 79.5 Å². The number of methoxy groups -OCH3 is 1. The quantitative estimate of drug-likeness (QED) is 0.404. The number of anilines is 2. The second-order valence-electron chi connectivity index (χ2n) is 10.2. The van der Waals surface area contributed by atoms with E-state index in [1.807, 2.05) is 6.07 Å². The number of nitrogens with one attached hydrogen (secondary N) is 2. The van der Waals surface area contributed by atoms with Crippen LogP contribution in [0.25, 0.3) is 16.9 Å². The molecular formula is C27H37F2N7O2. The molecule has 2 N–H and O–H groups in total. The SMILES string of the molecule is COCC(C)N[C@H]1CC[C@H](CNc2nc(N3CCOCC3)cc(-n3c(C(F)F)nc4ccccc43)n2)CC1. The molecule has 5 rings (SSSR count). The summed E-state index contributed by atoms with van der Waals surface area (Å²) in [4.78, 5) is 15.8. The smallest absolute Gasteiger partial charge is 0.296 e. The number of ether oxygens (including phenoxy) is 2. The van der Waals surface area contributed by atoms with Gasteiger partial charge in [-0.1, -0.05) is 12.1 Å². The highest BCUT2D eigenvalue weighted by atomic mass is 19.3. The third-order valence-corrected chi connectivity index (χ3v) is 7.38. The van der Waals surface area contributed by atoms with E-state index in [9.17, 15) is 8.78 Å². The number of rotatable bonds is 10. The summed E-state index contributed by atoms with van der Waals surface area (Å²) in [6, 6.07) is 9.76. The molecule has 1 aromatic carbocycles. The highest BCUT2D eigenvalue weighted by Gasteiger charge is 2.25. The third-order valence-electron chi connectivity index (χ3n) is 7.38. The van der Waals surface area contributed by atoms with Gasteiger partial charge in [-0.3, -0.25) is 4.57 Å². The highest BCUT2D eigenvalue weighted by Crippen LogP contribution is 2.30. The first kappa shape index (κ1) is 26.7. The molecule has 1 saturated heterocycles. The van der Waals surface area contributed by atoms with Crippen molar-refractivity contribution in [3.8, 4) is 5.82 Å². The van der Waals surface area contributed by atoms with Gasteiger partial charge in [0.1, 0.15) is 11.6 Å². The molecule has 9 nitrogen and oxygen atoms in total. The van der Waals surface area contributed by atoms with Gasteiger partial charge in [-0.15, -0.1) is 0 Å². The van der Waals surface area contributed by atoms with Crippen LogP contribution < -0.4 is 15.5 Å². The van der Waals surface area contributed by atoms with Crippen molar-refractivity contribution in [2.24, 2.45) is 5.92 Å². The number of nitrogens with zero attached hydrogens (tertiary/aromatic N) is 5. The van der Waals surface area contributed by atoms with Gasteiger partial charge < -0.3 is 25.0 Å². The molecule has 0 amide bonds. The van der Waals surface area contributed by atoms with Gasteiger partial charge >= 0.3 is 0 Å². The minimum atomic E-state index is -2.74.